The van der Waals surface area contributed by atoms with E-state index >= 15 is 0 Å². The van der Waals surface area contributed by atoms with Gasteiger partial charge in [0.05, 0.1) is 34.4 Å². The number of rotatable bonds is 7. The summed E-state index contributed by atoms with van der Waals surface area (Å²) in [4.78, 5) is 51.4. The van der Waals surface area contributed by atoms with Crippen LogP contribution in [-0.4, -0.2) is 51.7 Å². The molecule has 41 heavy (non-hydrogen) atoms. The fourth-order valence-electron chi connectivity index (χ4n) is 6.22. The number of piperidine rings is 1. The van der Waals surface area contributed by atoms with Crippen molar-refractivity contribution in [2.24, 2.45) is 24.8 Å². The Labute approximate surface area is 237 Å². The van der Waals surface area contributed by atoms with Crippen LogP contribution in [0.3, 0.4) is 0 Å². The second kappa shape index (κ2) is 10.0. The highest BCUT2D eigenvalue weighted by Crippen LogP contribution is 2.53. The minimum absolute atomic E-state index is 0.0503. The highest BCUT2D eigenvalue weighted by Gasteiger charge is 2.60. The van der Waals surface area contributed by atoms with Crippen molar-refractivity contribution in [2.45, 2.75) is 19.9 Å². The van der Waals surface area contributed by atoms with Crippen LogP contribution in [0.1, 0.15) is 34.5 Å². The first-order chi connectivity index (χ1) is 19.7. The van der Waals surface area contributed by atoms with Gasteiger partial charge < -0.3 is 20.2 Å². The van der Waals surface area contributed by atoms with Gasteiger partial charge in [-0.2, -0.15) is 0 Å². The lowest BCUT2D eigenvalue weighted by atomic mass is 10.0. The van der Waals surface area contributed by atoms with Gasteiger partial charge in [0.1, 0.15) is 0 Å². The Balaban J connectivity index is 1.28. The monoisotopic (exact) mass is 552 g/mol. The number of hydrogen-bond acceptors (Lipinski definition) is 7. The number of carboxylic acid groups (broad SMARTS) is 1. The molecule has 0 radical (unpaired) electrons. The lowest BCUT2D eigenvalue weighted by Crippen LogP contribution is -2.36. The average Bonchev–Trinajstić information content (AvgIpc) is 3.47. The molecule has 10 nitrogen and oxygen atoms in total. The molecule has 1 aliphatic heterocycles. The van der Waals surface area contributed by atoms with E-state index in [1.54, 1.807) is 60.2 Å². The van der Waals surface area contributed by atoms with Gasteiger partial charge in [0.25, 0.3) is 5.56 Å². The second-order valence-electron chi connectivity index (χ2n) is 11.1. The Morgan fingerprint density at radius 1 is 1.12 bits per heavy atom. The number of hydrogen-bond donors (Lipinski definition) is 2. The molecule has 1 saturated heterocycles. The van der Waals surface area contributed by atoms with Gasteiger partial charge in [-0.1, -0.05) is 18.2 Å². The maximum Gasteiger partial charge on any atom is 0.337 e. The van der Waals surface area contributed by atoms with Crippen molar-refractivity contribution in [1.29, 1.82) is 0 Å². The first kappa shape index (κ1) is 26.5. The van der Waals surface area contributed by atoms with Crippen molar-refractivity contribution in [3.05, 3.63) is 88.0 Å². The van der Waals surface area contributed by atoms with Gasteiger partial charge in [-0.3, -0.25) is 19.1 Å². The molecule has 2 fully saturated rings. The summed E-state index contributed by atoms with van der Waals surface area (Å²) in [6.45, 7) is 5.16. The van der Waals surface area contributed by atoms with Crippen LogP contribution in [-0.2, 0) is 11.8 Å². The van der Waals surface area contributed by atoms with Gasteiger partial charge >= 0.3 is 5.97 Å². The van der Waals surface area contributed by atoms with Gasteiger partial charge in [0.2, 0.25) is 11.9 Å². The van der Waals surface area contributed by atoms with Crippen molar-refractivity contribution in [1.82, 2.24) is 14.5 Å². The third-order valence-electron chi connectivity index (χ3n) is 8.45. The number of aromatic carboxylic acids is 1. The smallest absolute Gasteiger partial charge is 0.337 e. The topological polar surface area (TPSA) is 121 Å². The third-order valence-corrected chi connectivity index (χ3v) is 8.45. The maximum atomic E-state index is 13.6. The number of pyridine rings is 1. The number of carbonyl (C=O) groups excluding carboxylic acids is 1. The number of carbonyl (C=O) groups is 2. The van der Waals surface area contributed by atoms with Crippen molar-refractivity contribution >= 4 is 40.1 Å². The molecule has 0 spiro atoms. The summed E-state index contributed by atoms with van der Waals surface area (Å²) < 4.78 is 1.59. The Kier molecular flexibility index (Phi) is 6.48. The van der Waals surface area contributed by atoms with Gasteiger partial charge in [-0.05, 0) is 61.6 Å². The normalized spacial score (nSPS) is 20.0. The molecular weight excluding hydrogens is 520 g/mol. The minimum atomic E-state index is -1.01. The summed E-state index contributed by atoms with van der Waals surface area (Å²) >= 11 is 0. The fourth-order valence-corrected chi connectivity index (χ4v) is 6.22. The van der Waals surface area contributed by atoms with Crippen molar-refractivity contribution in [3.63, 3.8) is 0 Å². The van der Waals surface area contributed by atoms with Gasteiger partial charge in [0, 0.05) is 50.6 Å². The molecule has 0 bridgehead atoms. The van der Waals surface area contributed by atoms with Crippen molar-refractivity contribution in [3.8, 4) is 0 Å². The highest BCUT2D eigenvalue weighted by molar-refractivity contribution is 5.97. The zero-order valence-electron chi connectivity index (χ0n) is 23.4. The molecule has 210 valence electrons. The second-order valence-corrected chi connectivity index (χ2v) is 11.1. The van der Waals surface area contributed by atoms with Gasteiger partial charge in [-0.15, -0.1) is 0 Å². The summed E-state index contributed by atoms with van der Waals surface area (Å²) in [7, 11) is 3.52. The minimum Gasteiger partial charge on any atom is -0.478 e. The number of fused-ring (bicyclic) bond motifs is 2. The summed E-state index contributed by atoms with van der Waals surface area (Å²) in [5.41, 5.74) is 3.63. The molecule has 1 unspecified atom stereocenters. The SMILES string of the molecule is Cc1cc(C(C)Nc2ccccc2C(=O)O)c2nc(N3C[C@@H]4[C@H](C3)[C@@H]4C(=O)N(C)c3cccnc3)n(C)c(=O)c2c1. The van der Waals surface area contributed by atoms with E-state index in [2.05, 4.69) is 15.2 Å². The first-order valence-electron chi connectivity index (χ1n) is 13.7. The summed E-state index contributed by atoms with van der Waals surface area (Å²) in [5.74, 6) is 0.0158. The number of anilines is 3. The van der Waals surface area contributed by atoms with E-state index in [0.29, 0.717) is 35.6 Å². The first-order valence-corrected chi connectivity index (χ1v) is 13.7. The number of aryl methyl sites for hydroxylation is 1. The van der Waals surface area contributed by atoms with Crippen LogP contribution in [0.15, 0.2) is 65.7 Å². The van der Waals surface area contributed by atoms with E-state index < -0.39 is 5.97 Å². The van der Waals surface area contributed by atoms with E-state index in [4.69, 9.17) is 4.98 Å². The number of para-hydroxylation sites is 1. The maximum absolute atomic E-state index is 13.6. The molecule has 2 N–H and O–H groups in total. The van der Waals surface area contributed by atoms with Gasteiger partial charge in [-0.25, -0.2) is 9.78 Å². The van der Waals surface area contributed by atoms with Crippen LogP contribution in [0.25, 0.3) is 10.9 Å². The lowest BCUT2D eigenvalue weighted by molar-refractivity contribution is -0.120. The van der Waals surface area contributed by atoms with Crippen LogP contribution < -0.4 is 20.7 Å². The van der Waals surface area contributed by atoms with E-state index in [1.165, 1.54) is 0 Å². The lowest BCUT2D eigenvalue weighted by Gasteiger charge is -2.25. The third kappa shape index (κ3) is 4.59. The van der Waals surface area contributed by atoms with Crippen LogP contribution in [0, 0.1) is 24.7 Å². The molecule has 2 aliphatic rings. The standard InChI is InChI=1S/C31H32N6O4/c1-17-12-21(18(2)33-25-10-6-5-9-20(25)30(40)41)27-22(13-17)28(38)36(4)31(34-27)37-15-23-24(16-37)26(23)29(39)35(3)19-8-7-11-32-14-19/h5-14,18,23-24,26,33H,15-16H2,1-4H3,(H,40,41)/t18?,23-,24+,26-. The fraction of sp³-hybridized carbons (Fsp3) is 0.323. The van der Waals surface area contributed by atoms with Crippen molar-refractivity contribution < 1.29 is 14.7 Å². The Bertz CT molecular complexity index is 1720. The highest BCUT2D eigenvalue weighted by atomic mass is 16.4. The zero-order valence-corrected chi connectivity index (χ0v) is 23.4. The quantitative estimate of drug-likeness (QED) is 0.355. The summed E-state index contributed by atoms with van der Waals surface area (Å²) in [6.07, 6.45) is 3.37. The number of aromatic nitrogens is 3. The van der Waals surface area contributed by atoms with E-state index in [-0.39, 0.29) is 40.8 Å². The zero-order chi connectivity index (χ0) is 29.0. The number of nitrogens with zero attached hydrogens (tertiary/aromatic N) is 5. The average molecular weight is 553 g/mol. The van der Waals surface area contributed by atoms with E-state index in [9.17, 15) is 19.5 Å². The molecule has 2 aromatic carbocycles. The molecule has 2 aromatic heterocycles. The molecule has 1 aliphatic carbocycles. The number of benzene rings is 2. The van der Waals surface area contributed by atoms with Crippen LogP contribution in [0.2, 0.25) is 0 Å². The molecule has 3 heterocycles. The molecule has 10 heteroatoms. The molecular formula is C31H32N6O4. The van der Waals surface area contributed by atoms with Crippen LogP contribution >= 0.6 is 0 Å². The summed E-state index contributed by atoms with van der Waals surface area (Å²) in [6, 6.07) is 14.0. The summed E-state index contributed by atoms with van der Waals surface area (Å²) in [5, 5.41) is 13.5. The Hall–Kier alpha value is -4.73. The molecule has 1 saturated carbocycles. The number of carboxylic acids is 1. The van der Waals surface area contributed by atoms with E-state index in [0.717, 1.165) is 16.8 Å². The molecule has 1 amide bonds. The van der Waals surface area contributed by atoms with Crippen molar-refractivity contribution in [2.75, 3.05) is 35.3 Å². The van der Waals surface area contributed by atoms with Crippen LogP contribution in [0.5, 0.6) is 0 Å². The van der Waals surface area contributed by atoms with Crippen LogP contribution in [0.4, 0.5) is 17.3 Å². The predicted molar refractivity (Wildman–Crippen MR) is 157 cm³/mol. The Morgan fingerprint density at radius 2 is 1.85 bits per heavy atom. The predicted octanol–water partition coefficient (Wildman–Crippen LogP) is 3.85. The molecule has 6 rings (SSSR count). The number of nitrogens with one attached hydrogen (secondary N) is 1. The number of amides is 1. The molecule has 4 aromatic rings. The molecule has 4 atom stereocenters. The Morgan fingerprint density at radius 3 is 2.54 bits per heavy atom. The van der Waals surface area contributed by atoms with Gasteiger partial charge in [0.15, 0.2) is 0 Å². The van der Waals surface area contributed by atoms with E-state index in [1.807, 2.05) is 38.1 Å². The largest absolute Gasteiger partial charge is 0.478 e.